The highest BCUT2D eigenvalue weighted by Gasteiger charge is 2.16. The van der Waals surface area contributed by atoms with Gasteiger partial charge in [0.05, 0.1) is 0 Å². The summed E-state index contributed by atoms with van der Waals surface area (Å²) in [6.07, 6.45) is 7.94. The fraction of sp³-hybridized carbons (Fsp3) is 0.438. The molecule has 1 aliphatic rings. The number of carboxylic acid groups (broad SMARTS) is 1. The summed E-state index contributed by atoms with van der Waals surface area (Å²) in [5.74, 6) is -0.912. The molecule has 1 heterocycles. The highest BCUT2D eigenvalue weighted by atomic mass is 16.4. The highest BCUT2D eigenvalue weighted by molar-refractivity contribution is 5.85. The molecule has 1 aliphatic heterocycles. The molecule has 1 unspecified atom stereocenters. The molecule has 3 nitrogen and oxygen atoms in total. The lowest BCUT2D eigenvalue weighted by Crippen LogP contribution is -2.32. The third-order valence-electron chi connectivity index (χ3n) is 3.70. The molecule has 1 fully saturated rings. The molecule has 0 aliphatic carbocycles. The monoisotopic (exact) mass is 259 g/mol. The predicted molar refractivity (Wildman–Crippen MR) is 78.4 cm³/mol. The lowest BCUT2D eigenvalue weighted by molar-refractivity contribution is -0.131. The van der Waals surface area contributed by atoms with Crippen molar-refractivity contribution in [3.63, 3.8) is 0 Å². The molecule has 1 atom stereocenters. The van der Waals surface area contributed by atoms with Crippen LogP contribution in [0.5, 0.6) is 0 Å². The van der Waals surface area contributed by atoms with Crippen LogP contribution in [0.3, 0.4) is 0 Å². The number of carbonyl (C=O) groups is 1. The maximum atomic E-state index is 10.5. The van der Waals surface area contributed by atoms with Crippen molar-refractivity contribution in [2.24, 2.45) is 0 Å². The Hall–Kier alpha value is -1.77. The maximum Gasteiger partial charge on any atom is 0.328 e. The van der Waals surface area contributed by atoms with Crippen molar-refractivity contribution in [2.75, 3.05) is 11.4 Å². The van der Waals surface area contributed by atoms with Crippen LogP contribution in [0.15, 0.2) is 30.3 Å². The molecule has 1 aromatic rings. The van der Waals surface area contributed by atoms with Gasteiger partial charge in [-0.15, -0.1) is 0 Å². The van der Waals surface area contributed by atoms with E-state index in [1.54, 1.807) is 6.08 Å². The van der Waals surface area contributed by atoms with Gasteiger partial charge in [-0.1, -0.05) is 25.0 Å². The molecule has 3 heteroatoms. The molecule has 0 bridgehead atoms. The average molecular weight is 259 g/mol. The number of carboxylic acids is 1. The molecular weight excluding hydrogens is 238 g/mol. The van der Waals surface area contributed by atoms with E-state index in [1.165, 1.54) is 37.4 Å². The van der Waals surface area contributed by atoms with Gasteiger partial charge in [0.2, 0.25) is 0 Å². The smallest absolute Gasteiger partial charge is 0.328 e. The second-order valence-electron chi connectivity index (χ2n) is 5.15. The zero-order chi connectivity index (χ0) is 13.7. The molecule has 0 radical (unpaired) electrons. The van der Waals surface area contributed by atoms with Gasteiger partial charge < -0.3 is 10.0 Å². The van der Waals surface area contributed by atoms with E-state index in [1.807, 2.05) is 12.1 Å². The van der Waals surface area contributed by atoms with Crippen LogP contribution >= 0.6 is 0 Å². The Kier molecular flexibility index (Phi) is 4.61. The van der Waals surface area contributed by atoms with Gasteiger partial charge in [-0.25, -0.2) is 4.79 Å². The summed E-state index contributed by atoms with van der Waals surface area (Å²) in [4.78, 5) is 12.9. The Balaban J connectivity index is 2.10. The minimum atomic E-state index is -0.912. The van der Waals surface area contributed by atoms with Gasteiger partial charge in [-0.05, 0) is 43.5 Å². The number of rotatable bonds is 3. The summed E-state index contributed by atoms with van der Waals surface area (Å²) >= 11 is 0. The molecule has 1 saturated heterocycles. The SMILES string of the molecule is CC1CCCCCN1c1ccc(C=CC(=O)O)cc1. The van der Waals surface area contributed by atoms with Crippen LogP contribution in [0.1, 0.15) is 38.2 Å². The van der Waals surface area contributed by atoms with Crippen molar-refractivity contribution in [1.29, 1.82) is 0 Å². The molecule has 0 saturated carbocycles. The van der Waals surface area contributed by atoms with Gasteiger partial charge in [0, 0.05) is 24.4 Å². The van der Waals surface area contributed by atoms with Crippen LogP contribution in [0.4, 0.5) is 5.69 Å². The van der Waals surface area contributed by atoms with E-state index in [2.05, 4.69) is 24.0 Å². The molecule has 1 aromatic carbocycles. The first-order valence-electron chi connectivity index (χ1n) is 6.94. The third-order valence-corrected chi connectivity index (χ3v) is 3.70. The highest BCUT2D eigenvalue weighted by Crippen LogP contribution is 2.24. The largest absolute Gasteiger partial charge is 0.478 e. The molecule has 19 heavy (non-hydrogen) atoms. The number of benzene rings is 1. The van der Waals surface area contributed by atoms with Gasteiger partial charge >= 0.3 is 5.97 Å². The summed E-state index contributed by atoms with van der Waals surface area (Å²) in [7, 11) is 0. The normalized spacial score (nSPS) is 20.5. The van der Waals surface area contributed by atoms with Crippen molar-refractivity contribution < 1.29 is 9.90 Å². The number of anilines is 1. The van der Waals surface area contributed by atoms with Gasteiger partial charge in [0.15, 0.2) is 0 Å². The second kappa shape index (κ2) is 6.41. The second-order valence-corrected chi connectivity index (χ2v) is 5.15. The Labute approximate surface area is 114 Å². The number of aliphatic carboxylic acids is 1. The molecule has 0 aromatic heterocycles. The number of nitrogens with zero attached hydrogens (tertiary/aromatic N) is 1. The summed E-state index contributed by atoms with van der Waals surface area (Å²) in [5.41, 5.74) is 2.16. The molecular formula is C16H21NO2. The van der Waals surface area contributed by atoms with Gasteiger partial charge in [-0.2, -0.15) is 0 Å². The summed E-state index contributed by atoms with van der Waals surface area (Å²) < 4.78 is 0. The summed E-state index contributed by atoms with van der Waals surface area (Å²) in [6.45, 7) is 3.40. The average Bonchev–Trinajstić information content (AvgIpc) is 2.62. The zero-order valence-electron chi connectivity index (χ0n) is 11.4. The van der Waals surface area contributed by atoms with Gasteiger partial charge in [-0.3, -0.25) is 0 Å². The molecule has 1 N–H and O–H groups in total. The Morgan fingerprint density at radius 3 is 2.68 bits per heavy atom. The first-order chi connectivity index (χ1) is 9.16. The summed E-state index contributed by atoms with van der Waals surface area (Å²) in [6, 6.07) is 8.72. The van der Waals surface area contributed by atoms with Crippen molar-refractivity contribution in [3.05, 3.63) is 35.9 Å². The van der Waals surface area contributed by atoms with Crippen LogP contribution in [-0.4, -0.2) is 23.7 Å². The molecule has 2 rings (SSSR count). The number of hydrogen-bond donors (Lipinski definition) is 1. The fourth-order valence-electron chi connectivity index (χ4n) is 2.60. The van der Waals surface area contributed by atoms with Crippen LogP contribution in [0.2, 0.25) is 0 Å². The molecule has 0 spiro atoms. The Morgan fingerprint density at radius 1 is 1.26 bits per heavy atom. The Bertz CT molecular complexity index is 450. The van der Waals surface area contributed by atoms with Crippen LogP contribution in [0.25, 0.3) is 6.08 Å². The lowest BCUT2D eigenvalue weighted by atomic mass is 10.1. The summed E-state index contributed by atoms with van der Waals surface area (Å²) in [5, 5.41) is 8.60. The minimum absolute atomic E-state index is 0.586. The number of hydrogen-bond acceptors (Lipinski definition) is 2. The molecule has 0 amide bonds. The van der Waals surface area contributed by atoms with Crippen LogP contribution in [-0.2, 0) is 4.79 Å². The van der Waals surface area contributed by atoms with Crippen LogP contribution in [0, 0.1) is 0 Å². The van der Waals surface area contributed by atoms with E-state index in [4.69, 9.17) is 5.11 Å². The van der Waals surface area contributed by atoms with E-state index in [-0.39, 0.29) is 0 Å². The van der Waals surface area contributed by atoms with Crippen LogP contribution < -0.4 is 4.90 Å². The zero-order valence-corrected chi connectivity index (χ0v) is 11.4. The van der Waals surface area contributed by atoms with E-state index < -0.39 is 5.97 Å². The van der Waals surface area contributed by atoms with Crippen molar-refractivity contribution in [2.45, 2.75) is 38.6 Å². The van der Waals surface area contributed by atoms with E-state index in [0.29, 0.717) is 6.04 Å². The van der Waals surface area contributed by atoms with E-state index in [0.717, 1.165) is 12.1 Å². The van der Waals surface area contributed by atoms with Gasteiger partial charge in [0.25, 0.3) is 0 Å². The van der Waals surface area contributed by atoms with E-state index in [9.17, 15) is 4.79 Å². The standard InChI is InChI=1S/C16H21NO2/c1-13-5-3-2-4-12-17(13)15-9-6-14(7-10-15)8-11-16(18)19/h6-11,13H,2-5,12H2,1H3,(H,18,19). The van der Waals surface area contributed by atoms with E-state index >= 15 is 0 Å². The first kappa shape index (κ1) is 13.7. The quantitative estimate of drug-likeness (QED) is 0.844. The minimum Gasteiger partial charge on any atom is -0.478 e. The topological polar surface area (TPSA) is 40.5 Å². The first-order valence-corrected chi connectivity index (χ1v) is 6.94. The van der Waals surface area contributed by atoms with Crippen molar-refractivity contribution >= 4 is 17.7 Å². The van der Waals surface area contributed by atoms with Crippen molar-refractivity contribution in [1.82, 2.24) is 0 Å². The lowest BCUT2D eigenvalue weighted by Gasteiger charge is -2.29. The molecule has 102 valence electrons. The predicted octanol–water partition coefficient (Wildman–Crippen LogP) is 3.55. The Morgan fingerprint density at radius 2 is 2.00 bits per heavy atom. The maximum absolute atomic E-state index is 10.5. The van der Waals surface area contributed by atoms with Crippen molar-refractivity contribution in [3.8, 4) is 0 Å². The third kappa shape index (κ3) is 3.85. The van der Waals surface area contributed by atoms with Gasteiger partial charge in [0.1, 0.15) is 0 Å². The fourth-order valence-corrected chi connectivity index (χ4v) is 2.60.